The number of carbonyl (C=O) groups excluding carboxylic acids is 1. The van der Waals surface area contributed by atoms with E-state index in [1.54, 1.807) is 0 Å². The van der Waals surface area contributed by atoms with Crippen molar-refractivity contribution in [1.29, 1.82) is 0 Å². The first kappa shape index (κ1) is 13.9. The van der Waals surface area contributed by atoms with Crippen LogP contribution in [-0.4, -0.2) is 43.2 Å². The molecule has 0 saturated carbocycles. The Balaban J connectivity index is 1.93. The summed E-state index contributed by atoms with van der Waals surface area (Å²) in [6.07, 6.45) is 0.778. The van der Waals surface area contributed by atoms with E-state index in [0.717, 1.165) is 18.7 Å². The molecule has 1 aromatic carbocycles. The van der Waals surface area contributed by atoms with Crippen LogP contribution < -0.4 is 5.32 Å². The molecule has 2 rings (SSSR count). The van der Waals surface area contributed by atoms with Gasteiger partial charge < -0.3 is 15.0 Å². The van der Waals surface area contributed by atoms with Gasteiger partial charge >= 0.3 is 0 Å². The van der Waals surface area contributed by atoms with Crippen molar-refractivity contribution in [1.82, 2.24) is 4.90 Å². The summed E-state index contributed by atoms with van der Waals surface area (Å²) in [7, 11) is 0. The van der Waals surface area contributed by atoms with E-state index in [2.05, 4.69) is 11.4 Å². The second kappa shape index (κ2) is 6.57. The molecule has 1 heterocycles. The van der Waals surface area contributed by atoms with Crippen LogP contribution in [0, 0.1) is 0 Å². The molecule has 0 fully saturated rings. The maximum Gasteiger partial charge on any atom is 0.245 e. The summed E-state index contributed by atoms with van der Waals surface area (Å²) in [6.45, 7) is 6.66. The lowest BCUT2D eigenvalue weighted by atomic mass is 10.1. The highest BCUT2D eigenvalue weighted by Gasteiger charge is 2.29. The van der Waals surface area contributed by atoms with Crippen molar-refractivity contribution >= 4 is 11.6 Å². The van der Waals surface area contributed by atoms with Gasteiger partial charge in [0.05, 0.1) is 6.61 Å². The molecular weight excluding hydrogens is 240 g/mol. The van der Waals surface area contributed by atoms with Gasteiger partial charge in [0, 0.05) is 31.8 Å². The first-order chi connectivity index (χ1) is 9.26. The third-order valence-corrected chi connectivity index (χ3v) is 3.47. The number of para-hydroxylation sites is 1. The predicted molar refractivity (Wildman–Crippen MR) is 76.3 cm³/mol. The van der Waals surface area contributed by atoms with Crippen molar-refractivity contribution in [3.8, 4) is 0 Å². The molecule has 1 aliphatic heterocycles. The zero-order valence-corrected chi connectivity index (χ0v) is 11.7. The Morgan fingerprint density at radius 3 is 2.89 bits per heavy atom. The highest BCUT2D eigenvalue weighted by Crippen LogP contribution is 2.25. The Morgan fingerprint density at radius 1 is 1.42 bits per heavy atom. The van der Waals surface area contributed by atoms with Crippen molar-refractivity contribution < 1.29 is 9.53 Å². The van der Waals surface area contributed by atoms with Gasteiger partial charge in [0.2, 0.25) is 5.91 Å². The topological polar surface area (TPSA) is 41.6 Å². The van der Waals surface area contributed by atoms with Crippen molar-refractivity contribution in [2.24, 2.45) is 0 Å². The highest BCUT2D eigenvalue weighted by atomic mass is 16.5. The van der Waals surface area contributed by atoms with Gasteiger partial charge in [-0.25, -0.2) is 0 Å². The van der Waals surface area contributed by atoms with E-state index in [-0.39, 0.29) is 11.9 Å². The van der Waals surface area contributed by atoms with Gasteiger partial charge in [-0.3, -0.25) is 4.79 Å². The summed E-state index contributed by atoms with van der Waals surface area (Å²) >= 11 is 0. The molecule has 4 nitrogen and oxygen atoms in total. The molecule has 104 valence electrons. The standard InChI is InChI=1S/C15H22N2O2/c1-3-17(9-10-19-4-2)15(18)14-11-12-7-5-6-8-13(12)16-14/h5-8,14,16H,3-4,9-11H2,1-2H3/t14-/m0/s1. The summed E-state index contributed by atoms with van der Waals surface area (Å²) in [6, 6.07) is 7.98. The molecule has 0 saturated heterocycles. The largest absolute Gasteiger partial charge is 0.380 e. The number of ether oxygens (including phenoxy) is 1. The fraction of sp³-hybridized carbons (Fsp3) is 0.533. The molecule has 0 unspecified atom stereocenters. The normalized spacial score (nSPS) is 16.8. The van der Waals surface area contributed by atoms with Crippen LogP contribution in [0.15, 0.2) is 24.3 Å². The van der Waals surface area contributed by atoms with Crippen molar-refractivity contribution in [2.45, 2.75) is 26.3 Å². The number of benzene rings is 1. The quantitative estimate of drug-likeness (QED) is 0.796. The minimum Gasteiger partial charge on any atom is -0.380 e. The van der Waals surface area contributed by atoms with Gasteiger partial charge in [-0.15, -0.1) is 0 Å². The fourth-order valence-corrected chi connectivity index (χ4v) is 2.41. The summed E-state index contributed by atoms with van der Waals surface area (Å²) in [4.78, 5) is 14.3. The Bertz CT molecular complexity index is 409. The number of anilines is 1. The Hall–Kier alpha value is -1.55. The number of likely N-dealkylation sites (N-methyl/N-ethyl adjacent to an activating group) is 1. The zero-order chi connectivity index (χ0) is 13.7. The molecule has 1 aliphatic rings. The van der Waals surface area contributed by atoms with Gasteiger partial charge in [0.25, 0.3) is 0 Å². The number of rotatable bonds is 6. The number of carbonyl (C=O) groups is 1. The lowest BCUT2D eigenvalue weighted by molar-refractivity contribution is -0.132. The van der Waals surface area contributed by atoms with Crippen molar-refractivity contribution in [3.63, 3.8) is 0 Å². The van der Waals surface area contributed by atoms with Gasteiger partial charge in [-0.1, -0.05) is 18.2 Å². The maximum absolute atomic E-state index is 12.4. The van der Waals surface area contributed by atoms with E-state index < -0.39 is 0 Å². The summed E-state index contributed by atoms with van der Waals surface area (Å²) in [5.74, 6) is 0.165. The molecule has 0 aliphatic carbocycles. The Morgan fingerprint density at radius 2 is 2.21 bits per heavy atom. The number of hydrogen-bond acceptors (Lipinski definition) is 3. The number of nitrogens with one attached hydrogen (secondary N) is 1. The minimum atomic E-state index is -0.126. The first-order valence-corrected chi connectivity index (χ1v) is 6.97. The van der Waals surface area contributed by atoms with Crippen LogP contribution >= 0.6 is 0 Å². The zero-order valence-electron chi connectivity index (χ0n) is 11.7. The van der Waals surface area contributed by atoms with Crippen LogP contribution in [0.2, 0.25) is 0 Å². The average molecular weight is 262 g/mol. The molecule has 1 amide bonds. The summed E-state index contributed by atoms with van der Waals surface area (Å²) in [5.41, 5.74) is 2.31. The van der Waals surface area contributed by atoms with Crippen LogP contribution in [0.3, 0.4) is 0 Å². The molecule has 0 spiro atoms. The predicted octanol–water partition coefficient (Wildman–Crippen LogP) is 1.91. The van der Waals surface area contributed by atoms with Crippen LogP contribution in [0.4, 0.5) is 5.69 Å². The van der Waals surface area contributed by atoms with Crippen LogP contribution in [0.1, 0.15) is 19.4 Å². The van der Waals surface area contributed by atoms with E-state index in [9.17, 15) is 4.79 Å². The number of nitrogens with zero attached hydrogens (tertiary/aromatic N) is 1. The van der Waals surface area contributed by atoms with Crippen LogP contribution in [-0.2, 0) is 16.0 Å². The molecule has 0 bridgehead atoms. The van der Waals surface area contributed by atoms with Gasteiger partial charge in [-0.2, -0.15) is 0 Å². The van der Waals surface area contributed by atoms with Gasteiger partial charge in [0.1, 0.15) is 6.04 Å². The second-order valence-corrected chi connectivity index (χ2v) is 4.67. The number of amides is 1. The Kier molecular flexibility index (Phi) is 4.80. The van der Waals surface area contributed by atoms with Crippen LogP contribution in [0.25, 0.3) is 0 Å². The molecule has 0 aromatic heterocycles. The Labute approximate surface area is 114 Å². The molecule has 0 radical (unpaired) electrons. The average Bonchev–Trinajstić information content (AvgIpc) is 2.87. The fourth-order valence-electron chi connectivity index (χ4n) is 2.41. The molecule has 1 atom stereocenters. The molecule has 1 N–H and O–H groups in total. The van der Waals surface area contributed by atoms with E-state index in [1.807, 2.05) is 36.9 Å². The van der Waals surface area contributed by atoms with E-state index in [1.165, 1.54) is 5.56 Å². The van der Waals surface area contributed by atoms with Gasteiger partial charge in [0.15, 0.2) is 0 Å². The molecule has 19 heavy (non-hydrogen) atoms. The van der Waals surface area contributed by atoms with Gasteiger partial charge in [-0.05, 0) is 25.5 Å². The maximum atomic E-state index is 12.4. The minimum absolute atomic E-state index is 0.126. The summed E-state index contributed by atoms with van der Waals surface area (Å²) < 4.78 is 5.33. The van der Waals surface area contributed by atoms with Crippen molar-refractivity contribution in [3.05, 3.63) is 29.8 Å². The second-order valence-electron chi connectivity index (χ2n) is 4.67. The third kappa shape index (κ3) is 3.26. The monoisotopic (exact) mass is 262 g/mol. The lowest BCUT2D eigenvalue weighted by Gasteiger charge is -2.24. The van der Waals surface area contributed by atoms with Crippen LogP contribution in [0.5, 0.6) is 0 Å². The van der Waals surface area contributed by atoms with E-state index in [0.29, 0.717) is 19.8 Å². The molecule has 4 heteroatoms. The first-order valence-electron chi connectivity index (χ1n) is 6.97. The molecular formula is C15H22N2O2. The SMILES string of the molecule is CCOCCN(CC)C(=O)[C@@H]1Cc2ccccc2N1. The number of hydrogen-bond donors (Lipinski definition) is 1. The lowest BCUT2D eigenvalue weighted by Crippen LogP contribution is -2.43. The smallest absolute Gasteiger partial charge is 0.245 e. The number of fused-ring (bicyclic) bond motifs is 1. The highest BCUT2D eigenvalue weighted by molar-refractivity contribution is 5.87. The van der Waals surface area contributed by atoms with Crippen molar-refractivity contribution in [2.75, 3.05) is 31.6 Å². The van der Waals surface area contributed by atoms with E-state index in [4.69, 9.17) is 4.74 Å². The third-order valence-electron chi connectivity index (χ3n) is 3.47. The van der Waals surface area contributed by atoms with E-state index >= 15 is 0 Å². The molecule has 1 aromatic rings. The summed E-state index contributed by atoms with van der Waals surface area (Å²) in [5, 5.41) is 3.31.